The van der Waals surface area contributed by atoms with Gasteiger partial charge in [-0.2, -0.15) is 5.10 Å². The van der Waals surface area contributed by atoms with Crippen molar-refractivity contribution >= 4 is 48.9 Å². The number of amides is 1. The van der Waals surface area contributed by atoms with Crippen molar-refractivity contribution in [1.82, 2.24) is 29.5 Å². The molecule has 0 radical (unpaired) electrons. The molecule has 34 heavy (non-hydrogen) atoms. The summed E-state index contributed by atoms with van der Waals surface area (Å²) in [5.41, 5.74) is 3.32. The molecule has 0 fully saturated rings. The van der Waals surface area contributed by atoms with Gasteiger partial charge in [0.1, 0.15) is 16.7 Å². The number of nitrogens with zero attached hydrogens (tertiary/aromatic N) is 5. The van der Waals surface area contributed by atoms with Crippen molar-refractivity contribution in [2.75, 3.05) is 6.54 Å². The van der Waals surface area contributed by atoms with E-state index in [0.29, 0.717) is 29.7 Å². The predicted octanol–water partition coefficient (Wildman–Crippen LogP) is 4.44. The van der Waals surface area contributed by atoms with Gasteiger partial charge in [-0.05, 0) is 54.0 Å². The van der Waals surface area contributed by atoms with E-state index in [4.69, 9.17) is 4.98 Å². The molecule has 6 rings (SSSR count). The Morgan fingerprint density at radius 2 is 2.09 bits per heavy atom. The second kappa shape index (κ2) is 7.72. The van der Waals surface area contributed by atoms with Crippen LogP contribution in [0.5, 0.6) is 0 Å². The molecular weight excluding hydrogens is 516 g/mol. The molecule has 4 aromatic heterocycles. The Bertz CT molecular complexity index is 1530. The van der Waals surface area contributed by atoms with Crippen molar-refractivity contribution in [1.29, 1.82) is 0 Å². The van der Waals surface area contributed by atoms with Crippen molar-refractivity contribution in [2.45, 2.75) is 31.9 Å². The van der Waals surface area contributed by atoms with Crippen molar-refractivity contribution in [2.24, 2.45) is 0 Å². The zero-order valence-electron chi connectivity index (χ0n) is 18.5. The minimum absolute atomic E-state index is 0.142. The van der Waals surface area contributed by atoms with Crippen LogP contribution < -0.4 is 0 Å². The number of pyridine rings is 1. The van der Waals surface area contributed by atoms with E-state index >= 15 is 0 Å². The number of carbonyl (C=O) groups excluding carboxylic acids is 1. The van der Waals surface area contributed by atoms with Gasteiger partial charge in [-0.1, -0.05) is 12.1 Å². The number of H-pyrrole nitrogens is 1. The molecule has 1 aliphatic rings. The minimum atomic E-state index is -1.15. The lowest BCUT2D eigenvalue weighted by Crippen LogP contribution is -2.40. The molecular formula is C24H21BrN6O2S. The first-order valence-electron chi connectivity index (χ1n) is 10.9. The van der Waals surface area contributed by atoms with E-state index in [2.05, 4.69) is 31.0 Å². The topological polar surface area (TPSA) is 99.4 Å². The van der Waals surface area contributed by atoms with Crippen molar-refractivity contribution in [3.63, 3.8) is 0 Å². The van der Waals surface area contributed by atoms with Gasteiger partial charge in [0, 0.05) is 23.1 Å². The van der Waals surface area contributed by atoms with Crippen LogP contribution in [0.15, 0.2) is 53.4 Å². The average Bonchev–Trinajstić information content (AvgIpc) is 3.53. The first-order valence-corrected chi connectivity index (χ1v) is 12.5. The molecule has 1 atom stereocenters. The number of benzene rings is 1. The van der Waals surface area contributed by atoms with Crippen LogP contribution in [-0.2, 0) is 12.0 Å². The summed E-state index contributed by atoms with van der Waals surface area (Å²) in [5, 5.41) is 16.0. The molecule has 1 aromatic carbocycles. The molecule has 2 N–H and O–H groups in total. The zero-order valence-corrected chi connectivity index (χ0v) is 20.9. The van der Waals surface area contributed by atoms with E-state index < -0.39 is 5.60 Å². The zero-order chi connectivity index (χ0) is 23.6. The quantitative estimate of drug-likeness (QED) is 0.355. The number of halogens is 1. The number of nitrogens with one attached hydrogen (secondary N) is 1. The summed E-state index contributed by atoms with van der Waals surface area (Å²) in [6, 6.07) is 11.3. The van der Waals surface area contributed by atoms with E-state index in [9.17, 15) is 9.90 Å². The summed E-state index contributed by atoms with van der Waals surface area (Å²) in [6.45, 7) is 3.92. The largest absolute Gasteiger partial charge is 0.384 e. The lowest BCUT2D eigenvalue weighted by Gasteiger charge is -2.33. The molecule has 0 bridgehead atoms. The van der Waals surface area contributed by atoms with Gasteiger partial charge in [0.25, 0.3) is 5.91 Å². The number of aromatic amines is 1. The van der Waals surface area contributed by atoms with E-state index in [1.165, 1.54) is 0 Å². The minimum Gasteiger partial charge on any atom is -0.384 e. The first-order chi connectivity index (χ1) is 16.3. The Hall–Kier alpha value is -3.08. The predicted molar refractivity (Wildman–Crippen MR) is 133 cm³/mol. The number of hydrogen-bond acceptors (Lipinski definition) is 6. The molecule has 0 aliphatic carbocycles. The summed E-state index contributed by atoms with van der Waals surface area (Å²) in [4.78, 5) is 28.5. The number of hydrogen-bond donors (Lipinski definition) is 2. The van der Waals surface area contributed by atoms with Gasteiger partial charge in [0.05, 0.1) is 45.2 Å². The molecule has 5 aromatic rings. The van der Waals surface area contributed by atoms with Crippen LogP contribution in [0.2, 0.25) is 0 Å². The van der Waals surface area contributed by atoms with Crippen LogP contribution in [0.3, 0.4) is 0 Å². The molecule has 0 unspecified atom stereocenters. The van der Waals surface area contributed by atoms with Gasteiger partial charge in [-0.15, -0.1) is 11.3 Å². The van der Waals surface area contributed by atoms with Crippen molar-refractivity contribution < 1.29 is 9.90 Å². The molecule has 1 aliphatic heterocycles. The molecule has 172 valence electrons. The van der Waals surface area contributed by atoms with Crippen LogP contribution in [-0.4, -0.2) is 47.0 Å². The van der Waals surface area contributed by atoms with Crippen LogP contribution in [0, 0.1) is 0 Å². The summed E-state index contributed by atoms with van der Waals surface area (Å²) in [6.07, 6.45) is 3.94. The highest BCUT2D eigenvalue weighted by atomic mass is 79.9. The maximum Gasteiger partial charge on any atom is 0.258 e. The third-order valence-electron chi connectivity index (χ3n) is 6.17. The standard InChI is InChI=1S/C24H21BrN6O2S/c1-24(2,33)21-14(25)7-8-17-13(11-28-31(17)21)23(32)30-10-9-16-19(27-12-26-16)20(30)22-29-15-5-3-4-6-18(15)34-22/h3-8,11-12,20,33H,9-10H2,1-2H3,(H,26,27)/t20-/m0/s1. The number of carbonyl (C=O) groups is 1. The summed E-state index contributed by atoms with van der Waals surface area (Å²) in [7, 11) is 0. The summed E-state index contributed by atoms with van der Waals surface area (Å²) >= 11 is 5.09. The molecule has 1 amide bonds. The van der Waals surface area contributed by atoms with Crippen molar-refractivity contribution in [3.8, 4) is 0 Å². The van der Waals surface area contributed by atoms with Gasteiger partial charge in [0.15, 0.2) is 0 Å². The Kier molecular flexibility index (Phi) is 4.87. The van der Waals surface area contributed by atoms with E-state index in [1.54, 1.807) is 42.2 Å². The smallest absolute Gasteiger partial charge is 0.258 e. The normalized spacial score (nSPS) is 16.4. The van der Waals surface area contributed by atoms with Crippen molar-refractivity contribution in [3.05, 3.63) is 81.0 Å². The Morgan fingerprint density at radius 3 is 2.88 bits per heavy atom. The maximum atomic E-state index is 14.0. The van der Waals surface area contributed by atoms with Gasteiger partial charge >= 0.3 is 0 Å². The molecule has 0 saturated heterocycles. The Morgan fingerprint density at radius 1 is 1.26 bits per heavy atom. The monoisotopic (exact) mass is 536 g/mol. The van der Waals surface area contributed by atoms with Gasteiger partial charge in [-0.3, -0.25) is 4.79 Å². The third-order valence-corrected chi connectivity index (χ3v) is 7.90. The molecule has 0 spiro atoms. The summed E-state index contributed by atoms with van der Waals surface area (Å²) < 4.78 is 3.43. The number of imidazole rings is 1. The van der Waals surface area contributed by atoms with Crippen LogP contribution >= 0.6 is 27.3 Å². The Labute approximate surface area is 207 Å². The van der Waals surface area contributed by atoms with Gasteiger partial charge < -0.3 is 15.0 Å². The summed E-state index contributed by atoms with van der Waals surface area (Å²) in [5.74, 6) is -0.142. The molecule has 0 saturated carbocycles. The number of aromatic nitrogens is 5. The van der Waals surface area contributed by atoms with Gasteiger partial charge in [-0.25, -0.2) is 14.5 Å². The second-order valence-electron chi connectivity index (χ2n) is 8.88. The highest BCUT2D eigenvalue weighted by Crippen LogP contribution is 2.39. The number of rotatable bonds is 3. The average molecular weight is 537 g/mol. The van der Waals surface area contributed by atoms with Gasteiger partial charge in [0.2, 0.25) is 0 Å². The van der Waals surface area contributed by atoms with E-state index in [-0.39, 0.29) is 11.9 Å². The maximum absolute atomic E-state index is 14.0. The highest BCUT2D eigenvalue weighted by molar-refractivity contribution is 9.10. The number of para-hydroxylation sites is 1. The first kappa shape index (κ1) is 21.5. The number of thiazole rings is 1. The van der Waals surface area contributed by atoms with Crippen LogP contribution in [0.1, 0.15) is 52.3 Å². The lowest BCUT2D eigenvalue weighted by molar-refractivity contribution is 0.0685. The Balaban J connectivity index is 1.48. The van der Waals surface area contributed by atoms with Crippen LogP contribution in [0.4, 0.5) is 0 Å². The van der Waals surface area contributed by atoms with E-state index in [0.717, 1.165) is 31.1 Å². The molecule has 5 heterocycles. The fourth-order valence-corrected chi connectivity index (χ4v) is 6.52. The third kappa shape index (κ3) is 3.28. The molecule has 10 heteroatoms. The number of fused-ring (bicyclic) bond motifs is 3. The van der Waals surface area contributed by atoms with Crippen LogP contribution in [0.25, 0.3) is 15.7 Å². The van der Waals surface area contributed by atoms with E-state index in [1.807, 2.05) is 41.3 Å². The fraction of sp³-hybridized carbons (Fsp3) is 0.250. The SMILES string of the molecule is CC(C)(O)c1c(Br)ccc2c(C(=O)N3CCc4[nH]cnc4[C@H]3c3nc4ccccc4s3)cnn12. The fourth-order valence-electron chi connectivity index (χ4n) is 4.65. The second-order valence-corrected chi connectivity index (χ2v) is 10.8. The number of aliphatic hydroxyl groups is 1. The lowest BCUT2D eigenvalue weighted by atomic mass is 10.0. The molecule has 8 nitrogen and oxygen atoms in total. The highest BCUT2D eigenvalue weighted by Gasteiger charge is 2.38.